The summed E-state index contributed by atoms with van der Waals surface area (Å²) in [5.41, 5.74) is 1.25. The molecule has 0 saturated heterocycles. The highest BCUT2D eigenvalue weighted by atomic mass is 16.7. The van der Waals surface area contributed by atoms with Gasteiger partial charge in [-0.1, -0.05) is 0 Å². The Morgan fingerprint density at radius 3 is 1.97 bits per heavy atom. The maximum atomic E-state index is 12.8. The van der Waals surface area contributed by atoms with Gasteiger partial charge in [0.25, 0.3) is 0 Å². The predicted octanol–water partition coefficient (Wildman–Crippen LogP) is 3.68. The molecule has 11 heteroatoms. The molecule has 0 saturated carbocycles. The molecule has 11 nitrogen and oxygen atoms in total. The first-order valence-corrected chi connectivity index (χ1v) is 10.3. The number of esters is 1. The van der Waals surface area contributed by atoms with Crippen LogP contribution < -0.4 is 28.4 Å². The molecule has 2 heterocycles. The number of hydrogen-bond donors (Lipinski definition) is 0. The highest BCUT2D eigenvalue weighted by Gasteiger charge is 2.36. The summed E-state index contributed by atoms with van der Waals surface area (Å²) in [5.74, 6) is 1.15. The zero-order valence-electron chi connectivity index (χ0n) is 19.3. The molecule has 182 valence electrons. The molecule has 0 amide bonds. The zero-order valence-corrected chi connectivity index (χ0v) is 19.3. The Kier molecular flexibility index (Phi) is 6.44. The zero-order chi connectivity index (χ0) is 24.4. The quantitative estimate of drug-likeness (QED) is 0.545. The van der Waals surface area contributed by atoms with Crippen molar-refractivity contribution in [3.63, 3.8) is 0 Å². The number of carbonyl (C=O) groups excluding carboxylic acids is 2. The summed E-state index contributed by atoms with van der Waals surface area (Å²) in [6.07, 6.45) is -1.22. The van der Waals surface area contributed by atoms with E-state index < -0.39 is 12.1 Å². The first-order chi connectivity index (χ1) is 16.4. The number of methoxy groups -OCH3 is 3. The number of carbonyl (C=O) groups is 2. The molecule has 4 rings (SSSR count). The SMILES string of the molecule is COC(=O)c1cc(OC)c2c(c1-c1c(COC(=O)OC(C)C)cc(OC)c3c1OCO3)OCO2. The van der Waals surface area contributed by atoms with Gasteiger partial charge >= 0.3 is 12.1 Å². The van der Waals surface area contributed by atoms with Crippen LogP contribution in [-0.2, 0) is 20.8 Å². The summed E-state index contributed by atoms with van der Waals surface area (Å²) in [5, 5.41) is 0. The molecule has 0 bridgehead atoms. The van der Waals surface area contributed by atoms with E-state index in [9.17, 15) is 9.59 Å². The minimum absolute atomic E-state index is 0.0817. The van der Waals surface area contributed by atoms with Crippen molar-refractivity contribution in [3.8, 4) is 45.6 Å². The van der Waals surface area contributed by atoms with Crippen LogP contribution in [0, 0.1) is 0 Å². The van der Waals surface area contributed by atoms with Crippen LogP contribution >= 0.6 is 0 Å². The monoisotopic (exact) mass is 476 g/mol. The summed E-state index contributed by atoms with van der Waals surface area (Å²) >= 11 is 0. The fourth-order valence-corrected chi connectivity index (χ4v) is 3.70. The van der Waals surface area contributed by atoms with Crippen LogP contribution in [0.2, 0.25) is 0 Å². The summed E-state index contributed by atoms with van der Waals surface area (Å²) in [7, 11) is 4.17. The molecule has 2 aromatic carbocycles. The normalized spacial score (nSPS) is 13.0. The van der Waals surface area contributed by atoms with E-state index in [0.29, 0.717) is 33.9 Å². The van der Waals surface area contributed by atoms with Gasteiger partial charge in [0.15, 0.2) is 23.0 Å². The van der Waals surface area contributed by atoms with Crippen molar-refractivity contribution in [2.24, 2.45) is 0 Å². The van der Waals surface area contributed by atoms with E-state index in [0.717, 1.165) is 0 Å². The molecule has 0 unspecified atom stereocenters. The van der Waals surface area contributed by atoms with Crippen molar-refractivity contribution in [1.82, 2.24) is 0 Å². The Morgan fingerprint density at radius 1 is 0.853 bits per heavy atom. The number of benzene rings is 2. The highest BCUT2D eigenvalue weighted by molar-refractivity contribution is 6.03. The smallest absolute Gasteiger partial charge is 0.493 e. The molecule has 0 fully saturated rings. The average Bonchev–Trinajstić information content (AvgIpc) is 3.50. The second kappa shape index (κ2) is 9.46. The molecule has 0 aromatic heterocycles. The van der Waals surface area contributed by atoms with Gasteiger partial charge in [0, 0.05) is 16.7 Å². The summed E-state index contributed by atoms with van der Waals surface area (Å²) in [6, 6.07) is 3.11. The fourth-order valence-electron chi connectivity index (χ4n) is 3.70. The Labute approximate surface area is 195 Å². The lowest BCUT2D eigenvalue weighted by molar-refractivity contribution is 0.0298. The molecule has 2 aliphatic heterocycles. The highest BCUT2D eigenvalue weighted by Crippen LogP contribution is 2.56. The lowest BCUT2D eigenvalue weighted by Crippen LogP contribution is -2.13. The van der Waals surface area contributed by atoms with Crippen molar-refractivity contribution < 1.29 is 52.2 Å². The van der Waals surface area contributed by atoms with Crippen LogP contribution in [0.4, 0.5) is 4.79 Å². The van der Waals surface area contributed by atoms with Gasteiger partial charge in [-0.15, -0.1) is 0 Å². The van der Waals surface area contributed by atoms with E-state index in [2.05, 4.69) is 0 Å². The van der Waals surface area contributed by atoms with Crippen LogP contribution in [-0.4, -0.2) is 53.1 Å². The van der Waals surface area contributed by atoms with Crippen molar-refractivity contribution >= 4 is 12.1 Å². The number of hydrogen-bond acceptors (Lipinski definition) is 11. The van der Waals surface area contributed by atoms with E-state index in [1.807, 2.05) is 0 Å². The van der Waals surface area contributed by atoms with E-state index in [4.69, 9.17) is 42.6 Å². The van der Waals surface area contributed by atoms with Gasteiger partial charge in [-0.25, -0.2) is 9.59 Å². The third kappa shape index (κ3) is 4.04. The van der Waals surface area contributed by atoms with Gasteiger partial charge in [-0.2, -0.15) is 0 Å². The van der Waals surface area contributed by atoms with Crippen LogP contribution in [0.25, 0.3) is 11.1 Å². The first-order valence-electron chi connectivity index (χ1n) is 10.3. The molecule has 0 N–H and O–H groups in total. The number of rotatable bonds is 7. The largest absolute Gasteiger partial charge is 0.508 e. The second-order valence-corrected chi connectivity index (χ2v) is 7.44. The van der Waals surface area contributed by atoms with Gasteiger partial charge < -0.3 is 42.6 Å². The maximum Gasteiger partial charge on any atom is 0.508 e. The summed E-state index contributed by atoms with van der Waals surface area (Å²) in [6.45, 7) is 3.01. The first kappa shape index (κ1) is 23.1. The van der Waals surface area contributed by atoms with Crippen LogP contribution in [0.3, 0.4) is 0 Å². The van der Waals surface area contributed by atoms with E-state index >= 15 is 0 Å². The number of ether oxygens (including phenoxy) is 9. The minimum Gasteiger partial charge on any atom is -0.493 e. The van der Waals surface area contributed by atoms with Gasteiger partial charge in [0.1, 0.15) is 6.61 Å². The van der Waals surface area contributed by atoms with Crippen molar-refractivity contribution in [3.05, 3.63) is 23.3 Å². The Morgan fingerprint density at radius 2 is 1.41 bits per heavy atom. The fraction of sp³-hybridized carbons (Fsp3) is 0.391. The third-order valence-electron chi connectivity index (χ3n) is 5.07. The third-order valence-corrected chi connectivity index (χ3v) is 5.07. The van der Waals surface area contributed by atoms with Crippen LogP contribution in [0.1, 0.15) is 29.8 Å². The van der Waals surface area contributed by atoms with Gasteiger partial charge in [-0.05, 0) is 26.0 Å². The van der Waals surface area contributed by atoms with Crippen molar-refractivity contribution in [2.45, 2.75) is 26.6 Å². The topological polar surface area (TPSA) is 117 Å². The van der Waals surface area contributed by atoms with E-state index in [-0.39, 0.29) is 49.1 Å². The average molecular weight is 476 g/mol. The Balaban J connectivity index is 1.95. The molecule has 0 aliphatic carbocycles. The molecule has 2 aliphatic rings. The van der Waals surface area contributed by atoms with Crippen LogP contribution in [0.15, 0.2) is 12.1 Å². The summed E-state index contributed by atoms with van der Waals surface area (Å²) < 4.78 is 49.0. The van der Waals surface area contributed by atoms with Crippen molar-refractivity contribution in [1.29, 1.82) is 0 Å². The molecule has 0 atom stereocenters. The van der Waals surface area contributed by atoms with E-state index in [1.165, 1.54) is 27.4 Å². The van der Waals surface area contributed by atoms with Crippen LogP contribution in [0.5, 0.6) is 34.5 Å². The Hall–Kier alpha value is -4.02. The lowest BCUT2D eigenvalue weighted by Gasteiger charge is -2.19. The molecule has 0 spiro atoms. The molecular weight excluding hydrogens is 452 g/mol. The molecule has 34 heavy (non-hydrogen) atoms. The van der Waals surface area contributed by atoms with E-state index in [1.54, 1.807) is 19.9 Å². The molecule has 0 radical (unpaired) electrons. The second-order valence-electron chi connectivity index (χ2n) is 7.44. The predicted molar refractivity (Wildman–Crippen MR) is 115 cm³/mol. The standard InChI is InChI=1S/C23H24O11/c1-11(2)34-23(25)29-8-12-6-14(26-3)18-20(32-9-30-18)16(12)17-13(22(24)28-5)7-15(27-4)19-21(17)33-10-31-19/h6-7,11H,8-10H2,1-5H3. The lowest BCUT2D eigenvalue weighted by atomic mass is 9.92. The molecule has 2 aromatic rings. The minimum atomic E-state index is -0.856. The Bertz CT molecular complexity index is 1120. The number of fused-ring (bicyclic) bond motifs is 2. The van der Waals surface area contributed by atoms with Crippen molar-refractivity contribution in [2.75, 3.05) is 34.9 Å². The van der Waals surface area contributed by atoms with Gasteiger partial charge in [0.05, 0.1) is 33.0 Å². The van der Waals surface area contributed by atoms with Gasteiger partial charge in [0.2, 0.25) is 25.1 Å². The van der Waals surface area contributed by atoms with Gasteiger partial charge in [-0.3, -0.25) is 0 Å². The maximum absolute atomic E-state index is 12.8. The summed E-state index contributed by atoms with van der Waals surface area (Å²) in [4.78, 5) is 24.9. The molecular formula is C23H24O11.